The van der Waals surface area contributed by atoms with E-state index in [1.807, 2.05) is 35.4 Å². The second-order valence-corrected chi connectivity index (χ2v) is 7.43. The molecule has 1 atom stereocenters. The Balaban J connectivity index is 1.69. The summed E-state index contributed by atoms with van der Waals surface area (Å²) in [7, 11) is 0. The van der Waals surface area contributed by atoms with Crippen molar-refractivity contribution in [2.24, 2.45) is 0 Å². The number of anilines is 1. The second kappa shape index (κ2) is 6.11. The summed E-state index contributed by atoms with van der Waals surface area (Å²) in [6.45, 7) is 4.01. The molecule has 1 amide bonds. The van der Waals surface area contributed by atoms with E-state index in [1.54, 1.807) is 0 Å². The molecule has 128 valence electrons. The van der Waals surface area contributed by atoms with E-state index in [9.17, 15) is 9.59 Å². The Bertz CT molecular complexity index is 1020. The van der Waals surface area contributed by atoms with Crippen LogP contribution in [0.25, 0.3) is 10.2 Å². The zero-order valence-electron chi connectivity index (χ0n) is 14.2. The number of hydrogen-bond donors (Lipinski definition) is 0. The topological polar surface area (TPSA) is 55.2 Å². The van der Waals surface area contributed by atoms with E-state index in [2.05, 4.69) is 18.0 Å². The normalized spacial score (nSPS) is 16.9. The highest BCUT2D eigenvalue weighted by molar-refractivity contribution is 7.17. The molecule has 0 radical (unpaired) electrons. The van der Waals surface area contributed by atoms with E-state index in [0.717, 1.165) is 29.6 Å². The molecule has 3 aromatic rings. The number of amides is 1. The van der Waals surface area contributed by atoms with Crippen LogP contribution in [0.1, 0.15) is 24.5 Å². The van der Waals surface area contributed by atoms with Gasteiger partial charge in [-0.2, -0.15) is 0 Å². The lowest BCUT2D eigenvalue weighted by atomic mass is 9.96. The molecule has 3 heterocycles. The summed E-state index contributed by atoms with van der Waals surface area (Å²) in [6.07, 6.45) is 3.39. The van der Waals surface area contributed by atoms with E-state index in [1.165, 1.54) is 27.8 Å². The minimum Gasteiger partial charge on any atom is -0.308 e. The molecule has 0 saturated heterocycles. The standard InChI is InChI=1S/C19H19N3O2S/c1-12-10-25-18-17(12)20-11-21(19(18)24)9-16(23)22-13(2)7-8-14-5-3-4-6-15(14)22/h3-6,10-11,13H,7-9H2,1-2H3. The van der Waals surface area contributed by atoms with Gasteiger partial charge in [-0.3, -0.25) is 14.2 Å². The molecule has 0 aliphatic carbocycles. The van der Waals surface area contributed by atoms with Gasteiger partial charge in [0.15, 0.2) is 0 Å². The fraction of sp³-hybridized carbons (Fsp3) is 0.316. The van der Waals surface area contributed by atoms with Crippen LogP contribution in [-0.4, -0.2) is 21.5 Å². The van der Waals surface area contributed by atoms with Crippen LogP contribution in [0.4, 0.5) is 5.69 Å². The van der Waals surface area contributed by atoms with E-state index in [-0.39, 0.29) is 24.1 Å². The minimum absolute atomic E-state index is 0.0113. The zero-order valence-corrected chi connectivity index (χ0v) is 15.0. The van der Waals surface area contributed by atoms with Crippen molar-refractivity contribution < 1.29 is 4.79 Å². The molecule has 25 heavy (non-hydrogen) atoms. The average molecular weight is 353 g/mol. The van der Waals surface area contributed by atoms with Gasteiger partial charge >= 0.3 is 0 Å². The largest absolute Gasteiger partial charge is 0.308 e. The molecule has 0 N–H and O–H groups in total. The molecular weight excluding hydrogens is 334 g/mol. The van der Waals surface area contributed by atoms with Gasteiger partial charge in [0.1, 0.15) is 11.2 Å². The number of carbonyl (C=O) groups is 1. The Hall–Kier alpha value is -2.47. The first-order chi connectivity index (χ1) is 12.1. The van der Waals surface area contributed by atoms with E-state index < -0.39 is 0 Å². The molecule has 0 saturated carbocycles. The molecule has 1 aliphatic rings. The highest BCUT2D eigenvalue weighted by Crippen LogP contribution is 2.30. The van der Waals surface area contributed by atoms with Crippen LogP contribution >= 0.6 is 11.3 Å². The SMILES string of the molecule is Cc1csc2c(=O)n(CC(=O)N3c4ccccc4CCC3C)cnc12. The third-order valence-corrected chi connectivity index (χ3v) is 5.90. The van der Waals surface area contributed by atoms with Gasteiger partial charge in [0.25, 0.3) is 5.56 Å². The number of aryl methyl sites for hydroxylation is 2. The summed E-state index contributed by atoms with van der Waals surface area (Å²) in [5.41, 5.74) is 3.72. The van der Waals surface area contributed by atoms with Gasteiger partial charge in [0.2, 0.25) is 5.91 Å². The van der Waals surface area contributed by atoms with Crippen LogP contribution in [0.3, 0.4) is 0 Å². The van der Waals surface area contributed by atoms with E-state index in [0.29, 0.717) is 4.70 Å². The maximum absolute atomic E-state index is 13.0. The Morgan fingerprint density at radius 3 is 3.00 bits per heavy atom. The van der Waals surface area contributed by atoms with Gasteiger partial charge in [0, 0.05) is 11.7 Å². The van der Waals surface area contributed by atoms with Crippen LogP contribution < -0.4 is 10.5 Å². The van der Waals surface area contributed by atoms with Crippen molar-refractivity contribution in [1.82, 2.24) is 9.55 Å². The molecule has 4 rings (SSSR count). The predicted octanol–water partition coefficient (Wildman–Crippen LogP) is 3.13. The Labute approximate surface area is 149 Å². The first-order valence-corrected chi connectivity index (χ1v) is 9.27. The molecule has 6 heteroatoms. The molecule has 0 spiro atoms. The van der Waals surface area contributed by atoms with E-state index in [4.69, 9.17) is 0 Å². The molecule has 0 fully saturated rings. The Morgan fingerprint density at radius 1 is 1.36 bits per heavy atom. The lowest BCUT2D eigenvalue weighted by molar-refractivity contribution is -0.119. The number of benzene rings is 1. The molecule has 1 aromatic carbocycles. The predicted molar refractivity (Wildman–Crippen MR) is 100 cm³/mol. The van der Waals surface area contributed by atoms with Crippen LogP contribution in [0.15, 0.2) is 40.8 Å². The first kappa shape index (κ1) is 16.0. The van der Waals surface area contributed by atoms with Gasteiger partial charge < -0.3 is 4.90 Å². The fourth-order valence-electron chi connectivity index (χ4n) is 3.46. The van der Waals surface area contributed by atoms with Gasteiger partial charge in [-0.25, -0.2) is 4.98 Å². The number of nitrogens with zero attached hydrogens (tertiary/aromatic N) is 3. The molecule has 5 nitrogen and oxygen atoms in total. The maximum atomic E-state index is 13.0. The molecule has 0 bridgehead atoms. The fourth-order valence-corrected chi connectivity index (χ4v) is 4.41. The number of hydrogen-bond acceptors (Lipinski definition) is 4. The summed E-state index contributed by atoms with van der Waals surface area (Å²) in [5, 5.41) is 1.92. The first-order valence-electron chi connectivity index (χ1n) is 8.39. The Morgan fingerprint density at radius 2 is 2.16 bits per heavy atom. The van der Waals surface area contributed by atoms with Gasteiger partial charge in [-0.15, -0.1) is 11.3 Å². The van der Waals surface area contributed by atoms with Gasteiger partial charge in [-0.1, -0.05) is 18.2 Å². The third kappa shape index (κ3) is 2.66. The monoisotopic (exact) mass is 353 g/mol. The minimum atomic E-state index is -0.144. The summed E-state index contributed by atoms with van der Waals surface area (Å²) in [6, 6.07) is 8.12. The molecule has 1 aliphatic heterocycles. The van der Waals surface area contributed by atoms with Crippen LogP contribution in [0, 0.1) is 6.92 Å². The number of rotatable bonds is 2. The van der Waals surface area contributed by atoms with Crippen molar-refractivity contribution in [2.75, 3.05) is 4.90 Å². The van der Waals surface area contributed by atoms with Crippen LogP contribution in [-0.2, 0) is 17.8 Å². The molecule has 2 aromatic heterocycles. The number of thiophene rings is 1. The van der Waals surface area contributed by atoms with Crippen LogP contribution in [0.5, 0.6) is 0 Å². The molecular formula is C19H19N3O2S. The van der Waals surface area contributed by atoms with Gasteiger partial charge in [0.05, 0.1) is 11.8 Å². The maximum Gasteiger partial charge on any atom is 0.271 e. The summed E-state index contributed by atoms with van der Waals surface area (Å²) in [4.78, 5) is 31.8. The van der Waals surface area contributed by atoms with Gasteiger partial charge in [-0.05, 0) is 49.3 Å². The van der Waals surface area contributed by atoms with Crippen LogP contribution in [0.2, 0.25) is 0 Å². The molecule has 1 unspecified atom stereocenters. The lowest BCUT2D eigenvalue weighted by Crippen LogP contribution is -2.44. The van der Waals surface area contributed by atoms with Crippen molar-refractivity contribution >= 4 is 33.1 Å². The number of aromatic nitrogens is 2. The summed E-state index contributed by atoms with van der Waals surface area (Å²) >= 11 is 1.39. The number of para-hydroxylation sites is 1. The zero-order chi connectivity index (χ0) is 17.6. The summed E-state index contributed by atoms with van der Waals surface area (Å²) < 4.78 is 2.03. The number of fused-ring (bicyclic) bond motifs is 2. The highest BCUT2D eigenvalue weighted by Gasteiger charge is 2.28. The number of carbonyl (C=O) groups excluding carboxylic acids is 1. The quantitative estimate of drug-likeness (QED) is 0.711. The van der Waals surface area contributed by atoms with Crippen molar-refractivity contribution in [3.8, 4) is 0 Å². The third-order valence-electron chi connectivity index (χ3n) is 4.82. The smallest absolute Gasteiger partial charge is 0.271 e. The lowest BCUT2D eigenvalue weighted by Gasteiger charge is -2.35. The highest BCUT2D eigenvalue weighted by atomic mass is 32.1. The summed E-state index contributed by atoms with van der Waals surface area (Å²) in [5.74, 6) is -0.0730. The van der Waals surface area contributed by atoms with Crippen molar-refractivity contribution in [2.45, 2.75) is 39.3 Å². The Kier molecular flexibility index (Phi) is 3.92. The van der Waals surface area contributed by atoms with Crippen molar-refractivity contribution in [3.05, 3.63) is 57.5 Å². The van der Waals surface area contributed by atoms with Crippen molar-refractivity contribution in [3.63, 3.8) is 0 Å². The van der Waals surface area contributed by atoms with E-state index >= 15 is 0 Å². The van der Waals surface area contributed by atoms with Crippen molar-refractivity contribution in [1.29, 1.82) is 0 Å². The second-order valence-electron chi connectivity index (χ2n) is 6.55. The average Bonchev–Trinajstić information content (AvgIpc) is 2.99.